The van der Waals surface area contributed by atoms with Crippen molar-refractivity contribution in [1.82, 2.24) is 19.6 Å². The standard InChI is InChI=1S/C25H23N5O3S2/c1-5-33-23(32)16-6-7-18-19(11-16)35-24(26-18)27-21(31)12-34-25-29-28-20-10-14(3)17-9-13(2)8-15(4)22(17)30(20)25/h6-11H,5,12H2,1-4H3,(H,26,27,31). The highest BCUT2D eigenvalue weighted by Crippen LogP contribution is 2.30. The van der Waals surface area contributed by atoms with E-state index in [-0.39, 0.29) is 17.6 Å². The summed E-state index contributed by atoms with van der Waals surface area (Å²) in [5, 5.41) is 13.8. The first-order chi connectivity index (χ1) is 16.8. The highest BCUT2D eigenvalue weighted by atomic mass is 32.2. The molecule has 178 valence electrons. The van der Waals surface area contributed by atoms with Crippen LogP contribution in [-0.2, 0) is 9.53 Å². The van der Waals surface area contributed by atoms with Crippen LogP contribution in [0.1, 0.15) is 34.0 Å². The third kappa shape index (κ3) is 4.46. The van der Waals surface area contributed by atoms with E-state index in [4.69, 9.17) is 4.74 Å². The van der Waals surface area contributed by atoms with Crippen molar-refractivity contribution in [2.45, 2.75) is 32.9 Å². The number of carbonyl (C=O) groups excluding carboxylic acids is 2. The van der Waals surface area contributed by atoms with Gasteiger partial charge in [-0.05, 0) is 69.2 Å². The van der Waals surface area contributed by atoms with Crippen molar-refractivity contribution in [3.05, 3.63) is 58.7 Å². The Kier molecular flexibility index (Phi) is 6.16. The quantitative estimate of drug-likeness (QED) is 0.246. The normalized spacial score (nSPS) is 11.4. The molecular formula is C25H23N5O3S2. The van der Waals surface area contributed by atoms with Crippen LogP contribution in [0.15, 0.2) is 41.6 Å². The van der Waals surface area contributed by atoms with Crippen molar-refractivity contribution in [1.29, 1.82) is 0 Å². The van der Waals surface area contributed by atoms with Gasteiger partial charge < -0.3 is 10.1 Å². The summed E-state index contributed by atoms with van der Waals surface area (Å²) in [6, 6.07) is 11.5. The first-order valence-corrected chi connectivity index (χ1v) is 12.9. The van der Waals surface area contributed by atoms with Gasteiger partial charge in [-0.3, -0.25) is 9.20 Å². The Labute approximate surface area is 209 Å². The van der Waals surface area contributed by atoms with Crippen LogP contribution < -0.4 is 5.32 Å². The fourth-order valence-corrected chi connectivity index (χ4v) is 5.78. The number of nitrogens with one attached hydrogen (secondary N) is 1. The molecule has 0 bridgehead atoms. The van der Waals surface area contributed by atoms with E-state index in [0.717, 1.165) is 32.4 Å². The van der Waals surface area contributed by atoms with Gasteiger partial charge in [-0.2, -0.15) is 0 Å². The summed E-state index contributed by atoms with van der Waals surface area (Å²) in [7, 11) is 0. The number of ether oxygens (including phenoxy) is 1. The smallest absolute Gasteiger partial charge is 0.338 e. The lowest BCUT2D eigenvalue weighted by molar-refractivity contribution is -0.113. The van der Waals surface area contributed by atoms with Crippen LogP contribution in [0.25, 0.3) is 26.8 Å². The minimum absolute atomic E-state index is 0.158. The number of hydrogen-bond acceptors (Lipinski definition) is 8. The molecule has 1 amide bonds. The van der Waals surface area contributed by atoms with Crippen molar-refractivity contribution in [3.8, 4) is 0 Å². The predicted octanol–water partition coefficient (Wildman–Crippen LogP) is 5.32. The number of hydrogen-bond donors (Lipinski definition) is 1. The van der Waals surface area contributed by atoms with Crippen molar-refractivity contribution in [2.24, 2.45) is 0 Å². The highest BCUT2D eigenvalue weighted by Gasteiger charge is 2.16. The average Bonchev–Trinajstić information content (AvgIpc) is 3.40. The fraction of sp³-hybridized carbons (Fsp3) is 0.240. The number of aryl methyl sites for hydroxylation is 3. The molecule has 0 saturated carbocycles. The molecule has 1 N–H and O–H groups in total. The van der Waals surface area contributed by atoms with E-state index in [0.29, 0.717) is 28.0 Å². The number of nitrogens with zero attached hydrogens (tertiary/aromatic N) is 4. The fourth-order valence-electron chi connectivity index (χ4n) is 4.11. The molecule has 0 saturated heterocycles. The van der Waals surface area contributed by atoms with Gasteiger partial charge in [0.25, 0.3) is 0 Å². The summed E-state index contributed by atoms with van der Waals surface area (Å²) in [6.45, 7) is 8.32. The number of benzene rings is 2. The predicted molar refractivity (Wildman–Crippen MR) is 140 cm³/mol. The average molecular weight is 506 g/mol. The second-order valence-corrected chi connectivity index (χ2v) is 10.2. The molecule has 5 rings (SSSR count). The Balaban J connectivity index is 1.35. The number of fused-ring (bicyclic) bond motifs is 4. The lowest BCUT2D eigenvalue weighted by atomic mass is 10.0. The van der Waals surface area contributed by atoms with Crippen molar-refractivity contribution < 1.29 is 14.3 Å². The zero-order valence-corrected chi connectivity index (χ0v) is 21.3. The maximum atomic E-state index is 12.7. The van der Waals surface area contributed by atoms with Gasteiger partial charge in [0.2, 0.25) is 5.91 Å². The van der Waals surface area contributed by atoms with Gasteiger partial charge in [-0.1, -0.05) is 34.7 Å². The van der Waals surface area contributed by atoms with E-state index in [9.17, 15) is 9.59 Å². The van der Waals surface area contributed by atoms with E-state index in [2.05, 4.69) is 53.4 Å². The molecule has 3 aromatic heterocycles. The molecule has 2 aromatic carbocycles. The molecule has 0 unspecified atom stereocenters. The van der Waals surface area contributed by atoms with Gasteiger partial charge >= 0.3 is 5.97 Å². The third-order valence-corrected chi connectivity index (χ3v) is 7.44. The number of esters is 1. The van der Waals surface area contributed by atoms with E-state index in [1.807, 2.05) is 10.5 Å². The molecule has 0 atom stereocenters. The van der Waals surface area contributed by atoms with E-state index < -0.39 is 0 Å². The number of pyridine rings is 1. The SMILES string of the molecule is CCOC(=O)c1ccc2nc(NC(=O)CSc3nnc4cc(C)c5cc(C)cc(C)c5n34)sc2c1. The van der Waals surface area contributed by atoms with Crippen LogP contribution in [0.5, 0.6) is 0 Å². The van der Waals surface area contributed by atoms with Crippen LogP contribution >= 0.6 is 23.1 Å². The Hall–Kier alpha value is -3.50. The maximum Gasteiger partial charge on any atom is 0.338 e. The van der Waals surface area contributed by atoms with Gasteiger partial charge in [-0.15, -0.1) is 10.2 Å². The molecule has 5 aromatic rings. The lowest BCUT2D eigenvalue weighted by Crippen LogP contribution is -2.14. The maximum absolute atomic E-state index is 12.7. The van der Waals surface area contributed by atoms with Gasteiger partial charge in [-0.25, -0.2) is 9.78 Å². The molecule has 35 heavy (non-hydrogen) atoms. The van der Waals surface area contributed by atoms with Crippen molar-refractivity contribution >= 4 is 66.9 Å². The second-order valence-electron chi connectivity index (χ2n) is 8.24. The molecule has 0 aliphatic carbocycles. The largest absolute Gasteiger partial charge is 0.462 e. The van der Waals surface area contributed by atoms with Crippen LogP contribution in [-0.4, -0.2) is 43.8 Å². The Morgan fingerprint density at radius 1 is 1.09 bits per heavy atom. The lowest BCUT2D eigenvalue weighted by Gasteiger charge is -2.11. The van der Waals surface area contributed by atoms with Crippen LogP contribution in [0.2, 0.25) is 0 Å². The number of amides is 1. The number of aromatic nitrogens is 4. The van der Waals surface area contributed by atoms with E-state index in [1.54, 1.807) is 25.1 Å². The zero-order chi connectivity index (χ0) is 24.7. The van der Waals surface area contributed by atoms with E-state index >= 15 is 0 Å². The Morgan fingerprint density at radius 2 is 1.91 bits per heavy atom. The number of thioether (sulfide) groups is 1. The molecular weight excluding hydrogens is 482 g/mol. The molecule has 0 radical (unpaired) electrons. The van der Waals surface area contributed by atoms with E-state index in [1.165, 1.54) is 28.7 Å². The Morgan fingerprint density at radius 3 is 2.71 bits per heavy atom. The molecule has 0 spiro atoms. The minimum Gasteiger partial charge on any atom is -0.462 e. The number of anilines is 1. The molecule has 0 aliphatic rings. The monoisotopic (exact) mass is 505 g/mol. The van der Waals surface area contributed by atoms with Gasteiger partial charge in [0.05, 0.1) is 33.7 Å². The summed E-state index contributed by atoms with van der Waals surface area (Å²) < 4.78 is 7.87. The molecule has 0 aliphatic heterocycles. The Bertz CT molecular complexity index is 1620. The van der Waals surface area contributed by atoms with Crippen molar-refractivity contribution in [3.63, 3.8) is 0 Å². The molecule has 8 nitrogen and oxygen atoms in total. The summed E-state index contributed by atoms with van der Waals surface area (Å²) in [6.07, 6.45) is 0. The first kappa shape index (κ1) is 23.3. The zero-order valence-electron chi connectivity index (χ0n) is 19.7. The van der Waals surface area contributed by atoms with Crippen LogP contribution in [0, 0.1) is 20.8 Å². The topological polar surface area (TPSA) is 98.5 Å². The molecule has 10 heteroatoms. The third-order valence-electron chi connectivity index (χ3n) is 5.58. The second kappa shape index (κ2) is 9.27. The number of carbonyl (C=O) groups is 2. The van der Waals surface area contributed by atoms with Gasteiger partial charge in [0, 0.05) is 5.39 Å². The molecule has 3 heterocycles. The van der Waals surface area contributed by atoms with Crippen molar-refractivity contribution in [2.75, 3.05) is 17.7 Å². The summed E-state index contributed by atoms with van der Waals surface area (Å²) in [4.78, 5) is 29.1. The van der Waals surface area contributed by atoms with Gasteiger partial charge in [0.15, 0.2) is 15.9 Å². The van der Waals surface area contributed by atoms with Crippen LogP contribution in [0.3, 0.4) is 0 Å². The molecule has 0 fully saturated rings. The minimum atomic E-state index is -0.376. The van der Waals surface area contributed by atoms with Gasteiger partial charge in [0.1, 0.15) is 0 Å². The van der Waals surface area contributed by atoms with Crippen LogP contribution in [0.4, 0.5) is 5.13 Å². The summed E-state index contributed by atoms with van der Waals surface area (Å²) >= 11 is 2.64. The summed E-state index contributed by atoms with van der Waals surface area (Å²) in [5.74, 6) is -0.413. The highest BCUT2D eigenvalue weighted by molar-refractivity contribution is 7.99. The first-order valence-electron chi connectivity index (χ1n) is 11.1. The number of thiazole rings is 1. The summed E-state index contributed by atoms with van der Waals surface area (Å²) in [5.41, 5.74) is 6.46. The number of rotatable bonds is 6.